The first-order chi connectivity index (χ1) is 9.16. The second-order valence-corrected chi connectivity index (χ2v) is 4.25. The van der Waals surface area contributed by atoms with E-state index in [1.54, 1.807) is 0 Å². The van der Waals surface area contributed by atoms with E-state index >= 15 is 0 Å². The predicted molar refractivity (Wildman–Crippen MR) is 75.0 cm³/mol. The van der Waals surface area contributed by atoms with Crippen molar-refractivity contribution in [3.8, 4) is 11.3 Å². The highest BCUT2D eigenvalue weighted by Crippen LogP contribution is 2.27. The standard InChI is InChI=1S/C14H12N4O/c15-13-8-12(17-14(16)18(13)19)11-7-3-5-9-4-1-2-6-10(9)11/h1-8H,15H2,(H2,16,17). The van der Waals surface area contributed by atoms with Gasteiger partial charge in [0.05, 0.1) is 0 Å². The van der Waals surface area contributed by atoms with Crippen LogP contribution in [-0.4, -0.2) is 4.98 Å². The van der Waals surface area contributed by atoms with Crippen LogP contribution in [0.1, 0.15) is 0 Å². The van der Waals surface area contributed by atoms with Crippen LogP contribution in [0, 0.1) is 5.21 Å². The normalized spacial score (nSPS) is 10.7. The average molecular weight is 252 g/mol. The Bertz CT molecular complexity index is 742. The third kappa shape index (κ3) is 1.81. The Morgan fingerprint density at radius 1 is 1.00 bits per heavy atom. The number of fused-ring (bicyclic) bond motifs is 1. The minimum absolute atomic E-state index is 0.0374. The minimum Gasteiger partial charge on any atom is -0.754 e. The first-order valence-corrected chi connectivity index (χ1v) is 5.80. The fourth-order valence-corrected chi connectivity index (χ4v) is 2.12. The second-order valence-electron chi connectivity index (χ2n) is 4.25. The zero-order chi connectivity index (χ0) is 13.4. The van der Waals surface area contributed by atoms with Gasteiger partial charge in [-0.15, -0.1) is 4.98 Å². The summed E-state index contributed by atoms with van der Waals surface area (Å²) in [4.78, 5) is 4.10. The molecule has 3 aromatic rings. The lowest BCUT2D eigenvalue weighted by Gasteiger charge is -2.11. The number of benzene rings is 2. The van der Waals surface area contributed by atoms with Gasteiger partial charge in [-0.05, 0) is 10.8 Å². The van der Waals surface area contributed by atoms with Gasteiger partial charge in [-0.3, -0.25) is 0 Å². The van der Waals surface area contributed by atoms with Gasteiger partial charge in [0.2, 0.25) is 0 Å². The van der Waals surface area contributed by atoms with Crippen LogP contribution in [0.15, 0.2) is 48.5 Å². The molecular formula is C14H12N4O. The van der Waals surface area contributed by atoms with Gasteiger partial charge < -0.3 is 16.7 Å². The molecule has 0 aliphatic rings. The highest BCUT2D eigenvalue weighted by Gasteiger charge is 2.12. The number of nitrogens with zero attached hydrogens (tertiary/aromatic N) is 2. The van der Waals surface area contributed by atoms with E-state index in [9.17, 15) is 5.21 Å². The molecule has 0 amide bonds. The highest BCUT2D eigenvalue weighted by molar-refractivity contribution is 5.95. The molecule has 1 aromatic heterocycles. The summed E-state index contributed by atoms with van der Waals surface area (Å²) in [5, 5.41) is 13.6. The predicted octanol–water partition coefficient (Wildman–Crippen LogP) is 1.70. The van der Waals surface area contributed by atoms with Gasteiger partial charge in [-0.25, -0.2) is 4.73 Å². The van der Waals surface area contributed by atoms with Crippen LogP contribution in [-0.2, 0) is 0 Å². The third-order valence-electron chi connectivity index (χ3n) is 3.03. The molecule has 1 heterocycles. The van der Waals surface area contributed by atoms with E-state index in [1.807, 2.05) is 42.5 Å². The van der Waals surface area contributed by atoms with Crippen molar-refractivity contribution in [3.63, 3.8) is 0 Å². The number of hydrogen-bond acceptors (Lipinski definition) is 4. The maximum Gasteiger partial charge on any atom is 0.344 e. The minimum atomic E-state index is -0.150. The van der Waals surface area contributed by atoms with Crippen LogP contribution in [0.4, 0.5) is 11.8 Å². The lowest BCUT2D eigenvalue weighted by molar-refractivity contribution is -0.576. The van der Waals surface area contributed by atoms with Crippen LogP contribution in [0.2, 0.25) is 0 Å². The Labute approximate surface area is 109 Å². The summed E-state index contributed by atoms with van der Waals surface area (Å²) in [5.74, 6) is -0.113. The van der Waals surface area contributed by atoms with E-state index in [4.69, 9.17) is 11.5 Å². The molecular weight excluding hydrogens is 240 g/mol. The van der Waals surface area contributed by atoms with Crippen molar-refractivity contribution in [1.29, 1.82) is 0 Å². The molecule has 19 heavy (non-hydrogen) atoms. The number of aromatic nitrogens is 2. The molecule has 0 bridgehead atoms. The summed E-state index contributed by atoms with van der Waals surface area (Å²) in [7, 11) is 0. The van der Waals surface area contributed by atoms with E-state index in [1.165, 1.54) is 6.07 Å². The Morgan fingerprint density at radius 3 is 2.53 bits per heavy atom. The molecule has 0 saturated carbocycles. The van der Waals surface area contributed by atoms with E-state index < -0.39 is 0 Å². The average Bonchev–Trinajstić information content (AvgIpc) is 2.43. The molecule has 4 N–H and O–H groups in total. The summed E-state index contributed by atoms with van der Waals surface area (Å²) in [5.41, 5.74) is 12.7. The van der Waals surface area contributed by atoms with Crippen molar-refractivity contribution in [2.75, 3.05) is 11.5 Å². The first-order valence-electron chi connectivity index (χ1n) is 5.80. The van der Waals surface area contributed by atoms with Crippen molar-refractivity contribution in [3.05, 3.63) is 53.7 Å². The van der Waals surface area contributed by atoms with Crippen LogP contribution in [0.3, 0.4) is 0 Å². The van der Waals surface area contributed by atoms with Crippen LogP contribution in [0.25, 0.3) is 22.0 Å². The maximum absolute atomic E-state index is 11.4. The van der Waals surface area contributed by atoms with E-state index in [0.29, 0.717) is 10.4 Å². The molecule has 0 radical (unpaired) electrons. The summed E-state index contributed by atoms with van der Waals surface area (Å²) >= 11 is 0. The first kappa shape index (κ1) is 11.3. The van der Waals surface area contributed by atoms with Crippen LogP contribution >= 0.6 is 0 Å². The Balaban J connectivity index is 2.31. The SMILES string of the molecule is Nc1cc(-c2cccc3ccccc23)nc(N)[n+]1[O-]. The molecule has 0 saturated heterocycles. The largest absolute Gasteiger partial charge is 0.754 e. The smallest absolute Gasteiger partial charge is 0.344 e. The molecule has 3 rings (SSSR count). The zero-order valence-electron chi connectivity index (χ0n) is 10.1. The van der Waals surface area contributed by atoms with Crippen molar-refractivity contribution in [2.24, 2.45) is 0 Å². The van der Waals surface area contributed by atoms with Gasteiger partial charge >= 0.3 is 5.95 Å². The van der Waals surface area contributed by atoms with Gasteiger partial charge in [-0.2, -0.15) is 0 Å². The lowest BCUT2D eigenvalue weighted by atomic mass is 10.0. The Hall–Kier alpha value is -2.82. The molecule has 0 unspecified atom stereocenters. The number of nitrogen functional groups attached to an aromatic ring is 2. The summed E-state index contributed by atoms with van der Waals surface area (Å²) in [6, 6.07) is 15.4. The molecule has 2 aromatic carbocycles. The van der Waals surface area contributed by atoms with Gasteiger partial charge in [0, 0.05) is 11.6 Å². The molecule has 0 aliphatic carbocycles. The molecule has 0 fully saturated rings. The molecule has 94 valence electrons. The van der Waals surface area contributed by atoms with Gasteiger partial charge in [0.25, 0.3) is 0 Å². The van der Waals surface area contributed by atoms with Crippen molar-refractivity contribution < 1.29 is 4.73 Å². The second kappa shape index (κ2) is 4.13. The highest BCUT2D eigenvalue weighted by atomic mass is 16.5. The summed E-state index contributed by atoms with van der Waals surface area (Å²) in [6.45, 7) is 0. The fourth-order valence-electron chi connectivity index (χ4n) is 2.12. The molecule has 5 heteroatoms. The van der Waals surface area contributed by atoms with Crippen molar-refractivity contribution in [1.82, 2.24) is 4.98 Å². The number of hydrogen-bond donors (Lipinski definition) is 2. The van der Waals surface area contributed by atoms with Gasteiger partial charge in [-0.1, -0.05) is 42.5 Å². The summed E-state index contributed by atoms with van der Waals surface area (Å²) < 4.78 is 0.411. The van der Waals surface area contributed by atoms with Gasteiger partial charge in [0.15, 0.2) is 5.82 Å². The number of anilines is 2. The molecule has 5 nitrogen and oxygen atoms in total. The van der Waals surface area contributed by atoms with Crippen LogP contribution in [0.5, 0.6) is 0 Å². The fraction of sp³-hybridized carbons (Fsp3) is 0. The van der Waals surface area contributed by atoms with E-state index in [0.717, 1.165) is 16.3 Å². The number of nitrogens with two attached hydrogens (primary N) is 2. The van der Waals surface area contributed by atoms with E-state index in [2.05, 4.69) is 4.98 Å². The molecule has 0 aliphatic heterocycles. The molecule has 0 atom stereocenters. The monoisotopic (exact) mass is 252 g/mol. The lowest BCUT2D eigenvalue weighted by Crippen LogP contribution is -2.35. The maximum atomic E-state index is 11.4. The van der Waals surface area contributed by atoms with Crippen LogP contribution < -0.4 is 16.2 Å². The number of rotatable bonds is 1. The van der Waals surface area contributed by atoms with Gasteiger partial charge in [0.1, 0.15) is 5.69 Å². The van der Waals surface area contributed by atoms with Crippen molar-refractivity contribution >= 4 is 22.5 Å². The topological polar surface area (TPSA) is 91.9 Å². The molecule has 0 spiro atoms. The third-order valence-corrected chi connectivity index (χ3v) is 3.03. The zero-order valence-corrected chi connectivity index (χ0v) is 10.1. The van der Waals surface area contributed by atoms with Crippen molar-refractivity contribution in [2.45, 2.75) is 0 Å². The Kier molecular flexibility index (Phi) is 2.45. The quantitative estimate of drug-likeness (QED) is 0.509. The Morgan fingerprint density at radius 2 is 1.74 bits per heavy atom. The van der Waals surface area contributed by atoms with E-state index in [-0.39, 0.29) is 11.8 Å². The summed E-state index contributed by atoms with van der Waals surface area (Å²) in [6.07, 6.45) is 0.